The van der Waals surface area contributed by atoms with E-state index in [9.17, 15) is 14.4 Å². The molecule has 0 bridgehead atoms. The Kier molecular flexibility index (Phi) is 13.0. The van der Waals surface area contributed by atoms with E-state index in [0.717, 1.165) is 29.1 Å². The maximum atomic E-state index is 13.6. The summed E-state index contributed by atoms with van der Waals surface area (Å²) in [6.45, 7) is 11.2. The van der Waals surface area contributed by atoms with Crippen molar-refractivity contribution in [1.82, 2.24) is 4.98 Å². The average Bonchev–Trinajstić information content (AvgIpc) is 3.25. The number of thiazole rings is 1. The molecule has 2 heterocycles. The molecule has 0 saturated carbocycles. The Bertz CT molecular complexity index is 984. The summed E-state index contributed by atoms with van der Waals surface area (Å²) in [6, 6.07) is 0. The van der Waals surface area contributed by atoms with E-state index in [1.165, 1.54) is 11.3 Å². The first-order valence-electron chi connectivity index (χ1n) is 12.5. The fraction of sp³-hybridized carbons (Fsp3) is 0.692. The van der Waals surface area contributed by atoms with Gasteiger partial charge in [0.25, 0.3) is 0 Å². The minimum Gasteiger partial charge on any atom is -0.457 e. The number of hydrogen-bond acceptors (Lipinski definition) is 8. The quantitative estimate of drug-likeness (QED) is 0.218. The molecule has 0 aliphatic carbocycles. The normalized spacial score (nSPS) is 31.3. The van der Waals surface area contributed by atoms with Gasteiger partial charge in [-0.15, -0.1) is 11.3 Å². The molecule has 11 heteroatoms. The molecule has 1 aromatic heterocycles. The van der Waals surface area contributed by atoms with Gasteiger partial charge in [0, 0.05) is 36.7 Å². The Labute approximate surface area is 238 Å². The van der Waals surface area contributed by atoms with Crippen LogP contribution in [0.3, 0.4) is 0 Å². The number of carbonyl (C=O) groups is 3. The fourth-order valence-corrected chi connectivity index (χ4v) is 6.82. The monoisotopic (exact) mass is 635 g/mol. The zero-order chi connectivity index (χ0) is 27.9. The van der Waals surface area contributed by atoms with Gasteiger partial charge in [-0.2, -0.15) is 0 Å². The highest BCUT2D eigenvalue weighted by atomic mass is 79.9. The van der Waals surface area contributed by atoms with E-state index >= 15 is 0 Å². The maximum Gasteiger partial charge on any atom is 0.309 e. The molecule has 0 N–H and O–H groups in total. The van der Waals surface area contributed by atoms with Crippen LogP contribution in [0.4, 0.5) is 0 Å². The maximum absolute atomic E-state index is 13.6. The van der Waals surface area contributed by atoms with Gasteiger partial charge >= 0.3 is 5.97 Å². The van der Waals surface area contributed by atoms with Gasteiger partial charge in [0.2, 0.25) is 0 Å². The predicted molar refractivity (Wildman–Crippen MR) is 157 cm³/mol. The summed E-state index contributed by atoms with van der Waals surface area (Å²) in [5, 5.41) is 2.85. The van der Waals surface area contributed by atoms with Crippen molar-refractivity contribution in [3.8, 4) is 0 Å². The van der Waals surface area contributed by atoms with Gasteiger partial charge in [0.1, 0.15) is 11.9 Å². The Balaban J connectivity index is 2.40. The summed E-state index contributed by atoms with van der Waals surface area (Å²) in [6.07, 6.45) is 2.18. The number of alkyl halides is 1. The summed E-state index contributed by atoms with van der Waals surface area (Å²) >= 11 is 5.07. The van der Waals surface area contributed by atoms with Crippen molar-refractivity contribution >= 4 is 69.8 Å². The number of esters is 1. The number of aromatic nitrogens is 1. The Morgan fingerprint density at radius 2 is 1.86 bits per heavy atom. The molecule has 1 aromatic rings. The third kappa shape index (κ3) is 8.98. The molecule has 0 spiro atoms. The van der Waals surface area contributed by atoms with E-state index in [-0.39, 0.29) is 41.3 Å². The second kappa shape index (κ2) is 14.7. The van der Waals surface area contributed by atoms with Crippen molar-refractivity contribution in [2.75, 3.05) is 0 Å². The number of ketones is 2. The summed E-state index contributed by atoms with van der Waals surface area (Å²) in [5.74, 6) is -0.934. The van der Waals surface area contributed by atoms with Crippen LogP contribution in [0, 0.1) is 24.2 Å². The van der Waals surface area contributed by atoms with Gasteiger partial charge in [-0.3, -0.25) is 14.4 Å². The molecule has 1 aliphatic rings. The standard InChI is InChI=1S/C26H40BrNO6P2S/c1-14-8-7-9-19(27)20(29)11-21(15(2)10-18-13-37-17(4)28-18)32-23(30)12-22(33-35)26(5,6)25(31)16(3)24(14)34-36/h10,13-14,16,19,21-22,24H,7-9,11-12,35-36H2,1-6H3/b15-10+. The summed E-state index contributed by atoms with van der Waals surface area (Å²) in [4.78, 5) is 44.0. The highest BCUT2D eigenvalue weighted by Crippen LogP contribution is 2.36. The molecule has 0 amide bonds. The smallest absolute Gasteiger partial charge is 0.309 e. The second-order valence-corrected chi connectivity index (χ2v) is 13.2. The van der Waals surface area contributed by atoms with E-state index < -0.39 is 29.5 Å². The highest BCUT2D eigenvalue weighted by molar-refractivity contribution is 9.10. The molecule has 1 aliphatic heterocycles. The molecule has 7 nitrogen and oxygen atoms in total. The summed E-state index contributed by atoms with van der Waals surface area (Å²) in [5.41, 5.74) is 0.514. The summed E-state index contributed by atoms with van der Waals surface area (Å²) < 4.78 is 17.1. The molecule has 2 rings (SSSR count). The van der Waals surface area contributed by atoms with E-state index in [1.54, 1.807) is 13.8 Å². The van der Waals surface area contributed by atoms with Gasteiger partial charge in [0.05, 0.1) is 39.6 Å². The number of halogens is 1. The van der Waals surface area contributed by atoms with Crippen LogP contribution in [0.2, 0.25) is 0 Å². The van der Waals surface area contributed by atoms with Crippen LogP contribution in [0.25, 0.3) is 6.08 Å². The third-order valence-corrected chi connectivity index (χ3v) is 9.63. The fourth-order valence-electron chi connectivity index (χ4n) is 4.79. The Morgan fingerprint density at radius 3 is 2.43 bits per heavy atom. The lowest BCUT2D eigenvalue weighted by molar-refractivity contribution is -0.153. The zero-order valence-electron chi connectivity index (χ0n) is 22.5. The number of aryl methyl sites for hydroxylation is 1. The van der Waals surface area contributed by atoms with Crippen molar-refractivity contribution in [3.63, 3.8) is 0 Å². The molecule has 208 valence electrons. The minimum atomic E-state index is -0.978. The largest absolute Gasteiger partial charge is 0.457 e. The topological polar surface area (TPSA) is 91.8 Å². The lowest BCUT2D eigenvalue weighted by atomic mass is 9.73. The Morgan fingerprint density at radius 1 is 1.19 bits per heavy atom. The van der Waals surface area contributed by atoms with E-state index in [4.69, 9.17) is 13.8 Å². The van der Waals surface area contributed by atoms with Crippen LogP contribution < -0.4 is 0 Å². The van der Waals surface area contributed by atoms with Crippen LogP contribution in [-0.4, -0.2) is 45.7 Å². The predicted octanol–water partition coefficient (Wildman–Crippen LogP) is 6.28. The molecular weight excluding hydrogens is 596 g/mol. The summed E-state index contributed by atoms with van der Waals surface area (Å²) in [7, 11) is 4.47. The van der Waals surface area contributed by atoms with E-state index in [2.05, 4.69) is 46.8 Å². The number of Topliss-reactive ketones (excluding diaryl/α,β-unsaturated/α-hetero) is 2. The first-order valence-corrected chi connectivity index (χ1v) is 15.3. The van der Waals surface area contributed by atoms with E-state index in [1.807, 2.05) is 32.2 Å². The number of rotatable bonds is 4. The molecule has 1 fully saturated rings. The average molecular weight is 637 g/mol. The van der Waals surface area contributed by atoms with Crippen molar-refractivity contribution in [1.29, 1.82) is 0 Å². The second-order valence-electron chi connectivity index (χ2n) is 10.5. The van der Waals surface area contributed by atoms with Gasteiger partial charge < -0.3 is 13.8 Å². The van der Waals surface area contributed by atoms with Crippen molar-refractivity contribution in [3.05, 3.63) is 21.7 Å². The van der Waals surface area contributed by atoms with E-state index in [0.29, 0.717) is 6.42 Å². The number of nitrogens with zero attached hydrogens (tertiary/aromatic N) is 1. The number of ether oxygens (including phenoxy) is 1. The highest BCUT2D eigenvalue weighted by Gasteiger charge is 2.44. The molecule has 8 atom stereocenters. The molecule has 1 saturated heterocycles. The third-order valence-electron chi connectivity index (χ3n) is 7.23. The van der Waals surface area contributed by atoms with Crippen molar-refractivity contribution in [2.24, 2.45) is 17.3 Å². The number of carbonyl (C=O) groups excluding carboxylic acids is 3. The molecule has 37 heavy (non-hydrogen) atoms. The minimum absolute atomic E-state index is 0.0266. The number of hydrogen-bond donors (Lipinski definition) is 0. The SMILES string of the molecule is C/C(=C\c1csc(C)n1)C1CC(=O)C(Br)CCCC(C)C(OP)C(C)C(=O)C(C)(C)C(OP)CC(=O)O1. The first-order chi connectivity index (χ1) is 17.3. The lowest BCUT2D eigenvalue weighted by Crippen LogP contribution is -2.46. The van der Waals surface area contributed by atoms with Crippen molar-refractivity contribution < 1.29 is 28.2 Å². The van der Waals surface area contributed by atoms with Gasteiger partial charge in [0.15, 0.2) is 5.78 Å². The van der Waals surface area contributed by atoms with Crippen molar-refractivity contribution in [2.45, 2.75) is 96.8 Å². The lowest BCUT2D eigenvalue weighted by Gasteiger charge is -2.37. The first kappa shape index (κ1) is 32.7. The molecule has 0 aromatic carbocycles. The molecule has 8 unspecified atom stereocenters. The van der Waals surface area contributed by atoms with Crippen LogP contribution in [0.15, 0.2) is 11.0 Å². The Hall–Kier alpha value is -0.560. The van der Waals surface area contributed by atoms with Crippen LogP contribution in [0.1, 0.15) is 77.4 Å². The van der Waals surface area contributed by atoms with Gasteiger partial charge in [-0.05, 0) is 44.3 Å². The van der Waals surface area contributed by atoms with Gasteiger partial charge in [-0.1, -0.05) is 50.0 Å². The van der Waals surface area contributed by atoms with Crippen LogP contribution in [-0.2, 0) is 28.2 Å². The number of cyclic esters (lactones) is 1. The van der Waals surface area contributed by atoms with Gasteiger partial charge in [-0.25, -0.2) is 4.98 Å². The van der Waals surface area contributed by atoms with Crippen LogP contribution >= 0.6 is 46.2 Å². The molecular formula is C26H40BrNO6P2S. The zero-order valence-corrected chi connectivity index (χ0v) is 27.2. The van der Waals surface area contributed by atoms with Crippen LogP contribution in [0.5, 0.6) is 0 Å². The molecule has 0 radical (unpaired) electrons.